The zero-order valence-corrected chi connectivity index (χ0v) is 14.0. The number of carbonyl (C=O) groups is 1. The Balaban J connectivity index is 1.47. The molecule has 3 aromatic rings. The highest BCUT2D eigenvalue weighted by Crippen LogP contribution is 2.29. The quantitative estimate of drug-likeness (QED) is 0.713. The number of aryl methyl sites for hydroxylation is 1. The number of aromatic nitrogens is 3. The molecule has 0 spiro atoms. The zero-order valence-electron chi connectivity index (χ0n) is 14.0. The van der Waals surface area contributed by atoms with Crippen molar-refractivity contribution in [1.29, 1.82) is 0 Å². The van der Waals surface area contributed by atoms with Gasteiger partial charge in [0.1, 0.15) is 0 Å². The minimum atomic E-state index is -4.37. The fourth-order valence-corrected chi connectivity index (χ4v) is 2.29. The molecule has 0 saturated heterocycles. The smallest absolute Gasteiger partial charge is 0.352 e. The summed E-state index contributed by atoms with van der Waals surface area (Å²) >= 11 is 0. The van der Waals surface area contributed by atoms with E-state index >= 15 is 0 Å². The van der Waals surface area contributed by atoms with E-state index in [4.69, 9.17) is 4.52 Å². The molecule has 0 atom stereocenters. The Morgan fingerprint density at radius 3 is 2.59 bits per heavy atom. The maximum absolute atomic E-state index is 12.5. The highest BCUT2D eigenvalue weighted by molar-refractivity contribution is 5.76. The average Bonchev–Trinajstić information content (AvgIpc) is 3.14. The predicted octanol–water partition coefficient (Wildman–Crippen LogP) is 3.40. The van der Waals surface area contributed by atoms with Crippen LogP contribution in [0.1, 0.15) is 23.4 Å². The van der Waals surface area contributed by atoms with E-state index in [1.165, 1.54) is 12.1 Å². The van der Waals surface area contributed by atoms with E-state index in [1.807, 2.05) is 0 Å². The fourth-order valence-electron chi connectivity index (χ4n) is 2.29. The van der Waals surface area contributed by atoms with Gasteiger partial charge in [-0.05, 0) is 29.8 Å². The second-order valence-electron chi connectivity index (χ2n) is 5.72. The minimum Gasteiger partial charge on any atom is -0.352 e. The number of halogens is 3. The van der Waals surface area contributed by atoms with Gasteiger partial charge in [-0.2, -0.15) is 18.2 Å². The van der Waals surface area contributed by atoms with Crippen LogP contribution in [0, 0.1) is 0 Å². The molecule has 2 heterocycles. The van der Waals surface area contributed by atoms with Crippen molar-refractivity contribution in [1.82, 2.24) is 20.4 Å². The van der Waals surface area contributed by atoms with Crippen LogP contribution in [0.15, 0.2) is 53.3 Å². The third-order valence-electron chi connectivity index (χ3n) is 3.72. The highest BCUT2D eigenvalue weighted by Gasteiger charge is 2.29. The highest BCUT2D eigenvalue weighted by atomic mass is 19.4. The van der Waals surface area contributed by atoms with Gasteiger partial charge in [0.2, 0.25) is 17.6 Å². The van der Waals surface area contributed by atoms with Gasteiger partial charge in [0.05, 0.1) is 5.56 Å². The van der Waals surface area contributed by atoms with E-state index < -0.39 is 11.7 Å². The molecule has 1 aromatic carbocycles. The molecular weight excluding hydrogens is 361 g/mol. The Bertz CT molecular complexity index is 893. The molecule has 9 heteroatoms. The van der Waals surface area contributed by atoms with Crippen LogP contribution in [0.25, 0.3) is 11.4 Å². The SMILES string of the molecule is O=C(CCc1nc(-c2cccnc2)no1)NCc1ccc(C(F)(F)F)cc1. The lowest BCUT2D eigenvalue weighted by atomic mass is 10.1. The van der Waals surface area contributed by atoms with Crippen molar-refractivity contribution in [3.05, 3.63) is 65.8 Å². The largest absolute Gasteiger partial charge is 0.416 e. The first kappa shape index (κ1) is 18.6. The number of nitrogens with zero attached hydrogens (tertiary/aromatic N) is 3. The van der Waals surface area contributed by atoms with Gasteiger partial charge < -0.3 is 9.84 Å². The molecular formula is C18H15F3N4O2. The van der Waals surface area contributed by atoms with Gasteiger partial charge in [-0.25, -0.2) is 0 Å². The molecule has 27 heavy (non-hydrogen) atoms. The summed E-state index contributed by atoms with van der Waals surface area (Å²) < 4.78 is 42.6. The van der Waals surface area contributed by atoms with Gasteiger partial charge >= 0.3 is 6.18 Å². The lowest BCUT2D eigenvalue weighted by Crippen LogP contribution is -2.23. The number of pyridine rings is 1. The lowest BCUT2D eigenvalue weighted by Gasteiger charge is -2.08. The van der Waals surface area contributed by atoms with Crippen molar-refractivity contribution in [2.45, 2.75) is 25.6 Å². The summed E-state index contributed by atoms with van der Waals surface area (Å²) in [6.45, 7) is 0.141. The van der Waals surface area contributed by atoms with E-state index in [2.05, 4.69) is 20.4 Å². The normalized spacial score (nSPS) is 11.4. The maximum Gasteiger partial charge on any atom is 0.416 e. The number of nitrogens with one attached hydrogen (secondary N) is 1. The molecule has 0 aliphatic carbocycles. The Hall–Kier alpha value is -3.23. The Morgan fingerprint density at radius 1 is 1.15 bits per heavy atom. The topological polar surface area (TPSA) is 80.9 Å². The van der Waals surface area contributed by atoms with Crippen LogP contribution in [-0.2, 0) is 23.9 Å². The first-order valence-electron chi connectivity index (χ1n) is 8.07. The molecule has 1 N–H and O–H groups in total. The van der Waals surface area contributed by atoms with Crippen LogP contribution >= 0.6 is 0 Å². The first-order chi connectivity index (χ1) is 12.9. The molecule has 0 bridgehead atoms. The summed E-state index contributed by atoms with van der Waals surface area (Å²) in [7, 11) is 0. The molecule has 6 nitrogen and oxygen atoms in total. The van der Waals surface area contributed by atoms with Crippen molar-refractivity contribution in [3.63, 3.8) is 0 Å². The number of hydrogen-bond acceptors (Lipinski definition) is 5. The number of hydrogen-bond donors (Lipinski definition) is 1. The van der Waals surface area contributed by atoms with Gasteiger partial charge in [0.25, 0.3) is 0 Å². The second kappa shape index (κ2) is 7.98. The molecule has 0 fully saturated rings. The van der Waals surface area contributed by atoms with Gasteiger partial charge in [-0.3, -0.25) is 9.78 Å². The van der Waals surface area contributed by atoms with E-state index in [1.54, 1.807) is 24.5 Å². The summed E-state index contributed by atoms with van der Waals surface area (Å²) in [5.41, 5.74) is 0.561. The van der Waals surface area contributed by atoms with Crippen LogP contribution in [0.3, 0.4) is 0 Å². The monoisotopic (exact) mass is 376 g/mol. The van der Waals surface area contributed by atoms with Crippen LogP contribution in [0.2, 0.25) is 0 Å². The van der Waals surface area contributed by atoms with Crippen LogP contribution in [0.5, 0.6) is 0 Å². The number of benzene rings is 1. The standard InChI is InChI=1S/C18H15F3N4O2/c19-18(20,21)14-5-3-12(4-6-14)10-23-15(26)7-8-16-24-17(25-27-16)13-2-1-9-22-11-13/h1-6,9,11H,7-8,10H2,(H,23,26). The molecule has 0 aliphatic rings. The third kappa shape index (κ3) is 5.13. The maximum atomic E-state index is 12.5. The lowest BCUT2D eigenvalue weighted by molar-refractivity contribution is -0.137. The molecule has 1 amide bonds. The Kier molecular flexibility index (Phi) is 5.49. The molecule has 0 radical (unpaired) electrons. The zero-order chi connectivity index (χ0) is 19.3. The van der Waals surface area contributed by atoms with Crippen molar-refractivity contribution >= 4 is 5.91 Å². The summed E-state index contributed by atoms with van der Waals surface area (Å²) in [5, 5.41) is 6.48. The van der Waals surface area contributed by atoms with Gasteiger partial charge in [-0.15, -0.1) is 0 Å². The number of amides is 1. The van der Waals surface area contributed by atoms with Crippen molar-refractivity contribution in [2.75, 3.05) is 0 Å². The second-order valence-corrected chi connectivity index (χ2v) is 5.72. The molecule has 0 unspecified atom stereocenters. The summed E-state index contributed by atoms with van der Waals surface area (Å²) in [6.07, 6.45) is -0.765. The summed E-state index contributed by atoms with van der Waals surface area (Å²) in [5.74, 6) is 0.442. The minimum absolute atomic E-state index is 0.120. The summed E-state index contributed by atoms with van der Waals surface area (Å²) in [6, 6.07) is 8.18. The van der Waals surface area contributed by atoms with Gasteiger partial charge in [0.15, 0.2) is 0 Å². The Morgan fingerprint density at radius 2 is 1.93 bits per heavy atom. The third-order valence-corrected chi connectivity index (χ3v) is 3.72. The summed E-state index contributed by atoms with van der Waals surface area (Å²) in [4.78, 5) is 20.1. The van der Waals surface area contributed by atoms with E-state index in [0.29, 0.717) is 22.8 Å². The van der Waals surface area contributed by atoms with Crippen molar-refractivity contribution < 1.29 is 22.5 Å². The van der Waals surface area contributed by atoms with Gasteiger partial charge in [0, 0.05) is 37.3 Å². The fraction of sp³-hybridized carbons (Fsp3) is 0.222. The molecule has 140 valence electrons. The number of alkyl halides is 3. The molecule has 0 saturated carbocycles. The number of carbonyl (C=O) groups excluding carboxylic acids is 1. The predicted molar refractivity (Wildman–Crippen MR) is 89.1 cm³/mol. The van der Waals surface area contributed by atoms with E-state index in [9.17, 15) is 18.0 Å². The molecule has 3 rings (SSSR count). The average molecular weight is 376 g/mol. The Labute approximate surface area is 152 Å². The first-order valence-corrected chi connectivity index (χ1v) is 8.07. The van der Waals surface area contributed by atoms with Crippen LogP contribution in [0.4, 0.5) is 13.2 Å². The molecule has 2 aromatic heterocycles. The van der Waals surface area contributed by atoms with Crippen molar-refractivity contribution in [2.24, 2.45) is 0 Å². The van der Waals surface area contributed by atoms with E-state index in [-0.39, 0.29) is 25.3 Å². The van der Waals surface area contributed by atoms with Gasteiger partial charge in [-0.1, -0.05) is 17.3 Å². The number of rotatable bonds is 6. The van der Waals surface area contributed by atoms with Crippen molar-refractivity contribution in [3.8, 4) is 11.4 Å². The molecule has 0 aliphatic heterocycles. The van der Waals surface area contributed by atoms with Crippen LogP contribution < -0.4 is 5.32 Å². The van der Waals surface area contributed by atoms with E-state index in [0.717, 1.165) is 12.1 Å². The van der Waals surface area contributed by atoms with Crippen LogP contribution in [-0.4, -0.2) is 21.0 Å².